The lowest BCUT2D eigenvalue weighted by molar-refractivity contribution is -0.394. The minimum absolute atomic E-state index is 0.194. The second-order valence-electron chi connectivity index (χ2n) is 6.15. The van der Waals surface area contributed by atoms with E-state index in [0.717, 1.165) is 39.0 Å². The Morgan fingerprint density at radius 1 is 0.900 bits per heavy atom. The molecule has 0 spiro atoms. The van der Waals surface area contributed by atoms with Gasteiger partial charge in [0.15, 0.2) is 0 Å². The molecule has 0 unspecified atom stereocenters. The highest BCUT2D eigenvalue weighted by molar-refractivity contribution is 7.21. The Balaban J connectivity index is 1.56. The lowest BCUT2D eigenvalue weighted by atomic mass is 10.1. The first-order valence-electron chi connectivity index (χ1n) is 8.53. The molecule has 0 saturated carbocycles. The summed E-state index contributed by atoms with van der Waals surface area (Å²) in [6.07, 6.45) is 0. The molecule has 0 amide bonds. The molecule has 148 valence electrons. The van der Waals surface area contributed by atoms with Crippen LogP contribution in [0.15, 0.2) is 66.7 Å². The molecule has 0 bridgehead atoms. The zero-order valence-corrected chi connectivity index (χ0v) is 15.9. The standard InChI is InChI=1S/C20H11N3O6S/c24-20(13-9-14(22(25)26)11-15(10-13)23(27)28)29-16-7-5-12(6-8-16)19-21-17-3-1-2-4-18(17)30-19/h1-11H. The number of para-hydroxylation sites is 1. The normalized spacial score (nSPS) is 10.7. The predicted octanol–water partition coefficient (Wildman–Crippen LogP) is 5.00. The Labute approximate surface area is 172 Å². The van der Waals surface area contributed by atoms with Crippen molar-refractivity contribution in [3.63, 3.8) is 0 Å². The quantitative estimate of drug-likeness (QED) is 0.192. The van der Waals surface area contributed by atoms with E-state index >= 15 is 0 Å². The highest BCUT2D eigenvalue weighted by atomic mass is 32.1. The maximum absolute atomic E-state index is 12.4. The third-order valence-electron chi connectivity index (χ3n) is 4.17. The van der Waals surface area contributed by atoms with Crippen molar-refractivity contribution in [3.05, 3.63) is 92.5 Å². The summed E-state index contributed by atoms with van der Waals surface area (Å²) < 4.78 is 6.27. The van der Waals surface area contributed by atoms with Crippen LogP contribution in [0.4, 0.5) is 11.4 Å². The van der Waals surface area contributed by atoms with Gasteiger partial charge in [-0.3, -0.25) is 20.2 Å². The van der Waals surface area contributed by atoms with Crippen LogP contribution in [0.2, 0.25) is 0 Å². The molecule has 0 aliphatic rings. The third-order valence-corrected chi connectivity index (χ3v) is 5.25. The van der Waals surface area contributed by atoms with Crippen molar-refractivity contribution in [1.82, 2.24) is 4.98 Å². The number of benzene rings is 3. The van der Waals surface area contributed by atoms with E-state index in [1.54, 1.807) is 24.3 Å². The highest BCUT2D eigenvalue weighted by Crippen LogP contribution is 2.31. The Morgan fingerprint density at radius 2 is 1.53 bits per heavy atom. The summed E-state index contributed by atoms with van der Waals surface area (Å²) in [5, 5.41) is 22.8. The summed E-state index contributed by atoms with van der Waals surface area (Å²) in [4.78, 5) is 37.2. The Bertz CT molecular complexity index is 1230. The van der Waals surface area contributed by atoms with Gasteiger partial charge in [-0.15, -0.1) is 11.3 Å². The van der Waals surface area contributed by atoms with Gasteiger partial charge in [0.05, 0.1) is 31.7 Å². The zero-order chi connectivity index (χ0) is 21.3. The first-order chi connectivity index (χ1) is 14.4. The Hall–Kier alpha value is -4.18. The number of carbonyl (C=O) groups excluding carboxylic acids is 1. The lowest BCUT2D eigenvalue weighted by Gasteiger charge is -2.05. The van der Waals surface area contributed by atoms with Crippen molar-refractivity contribution in [3.8, 4) is 16.3 Å². The van der Waals surface area contributed by atoms with E-state index in [2.05, 4.69) is 4.98 Å². The zero-order valence-electron chi connectivity index (χ0n) is 15.1. The van der Waals surface area contributed by atoms with Gasteiger partial charge in [-0.2, -0.15) is 0 Å². The molecule has 1 heterocycles. The molecule has 0 aliphatic carbocycles. The third kappa shape index (κ3) is 3.84. The SMILES string of the molecule is O=C(Oc1ccc(-c2nc3ccccc3s2)cc1)c1cc([N+](=O)[O-])cc([N+](=O)[O-])c1. The average molecular weight is 421 g/mol. The fraction of sp³-hybridized carbons (Fsp3) is 0. The van der Waals surface area contributed by atoms with E-state index in [1.165, 1.54) is 11.3 Å². The minimum atomic E-state index is -0.936. The summed E-state index contributed by atoms with van der Waals surface area (Å²) in [6, 6.07) is 17.0. The van der Waals surface area contributed by atoms with E-state index < -0.39 is 27.2 Å². The molecule has 0 saturated heterocycles. The molecule has 9 nitrogen and oxygen atoms in total. The van der Waals surface area contributed by atoms with Crippen LogP contribution in [-0.4, -0.2) is 20.8 Å². The van der Waals surface area contributed by atoms with Crippen LogP contribution < -0.4 is 4.74 Å². The van der Waals surface area contributed by atoms with Gasteiger partial charge >= 0.3 is 5.97 Å². The number of rotatable bonds is 5. The predicted molar refractivity (Wildman–Crippen MR) is 110 cm³/mol. The largest absolute Gasteiger partial charge is 0.423 e. The van der Waals surface area contributed by atoms with Gasteiger partial charge in [0, 0.05) is 17.7 Å². The number of aromatic nitrogens is 1. The summed E-state index contributed by atoms with van der Waals surface area (Å²) in [7, 11) is 0. The number of carbonyl (C=O) groups is 1. The molecule has 10 heteroatoms. The van der Waals surface area contributed by atoms with Crippen LogP contribution in [0.25, 0.3) is 20.8 Å². The Morgan fingerprint density at radius 3 is 2.13 bits per heavy atom. The number of ether oxygens (including phenoxy) is 1. The number of nitro benzene ring substituents is 2. The molecule has 0 fully saturated rings. The van der Waals surface area contributed by atoms with Crippen LogP contribution in [0, 0.1) is 20.2 Å². The second-order valence-corrected chi connectivity index (χ2v) is 7.18. The maximum atomic E-state index is 12.4. The van der Waals surface area contributed by atoms with Gasteiger partial charge in [0.25, 0.3) is 11.4 Å². The van der Waals surface area contributed by atoms with Crippen molar-refractivity contribution in [2.45, 2.75) is 0 Å². The highest BCUT2D eigenvalue weighted by Gasteiger charge is 2.21. The molecule has 4 aromatic rings. The first kappa shape index (κ1) is 19.2. The van der Waals surface area contributed by atoms with Crippen molar-refractivity contribution in [2.24, 2.45) is 0 Å². The molecule has 0 atom stereocenters. The van der Waals surface area contributed by atoms with Crippen LogP contribution in [0.1, 0.15) is 10.4 Å². The monoisotopic (exact) mass is 421 g/mol. The molecule has 30 heavy (non-hydrogen) atoms. The summed E-state index contributed by atoms with van der Waals surface area (Å²) in [5.74, 6) is -0.742. The van der Waals surface area contributed by atoms with Crippen LogP contribution in [0.5, 0.6) is 5.75 Å². The van der Waals surface area contributed by atoms with E-state index in [4.69, 9.17) is 4.74 Å². The summed E-state index contributed by atoms with van der Waals surface area (Å²) in [6.45, 7) is 0. The van der Waals surface area contributed by atoms with Crippen molar-refractivity contribution in [2.75, 3.05) is 0 Å². The molecule has 1 aromatic heterocycles. The van der Waals surface area contributed by atoms with Crippen molar-refractivity contribution >= 4 is 38.9 Å². The number of nitrogens with zero attached hydrogens (tertiary/aromatic N) is 3. The van der Waals surface area contributed by atoms with Crippen LogP contribution in [0.3, 0.4) is 0 Å². The number of hydrogen-bond donors (Lipinski definition) is 0. The lowest BCUT2D eigenvalue weighted by Crippen LogP contribution is -2.09. The van der Waals surface area contributed by atoms with Gasteiger partial charge in [-0.25, -0.2) is 9.78 Å². The van der Waals surface area contributed by atoms with Gasteiger partial charge in [0.1, 0.15) is 10.8 Å². The van der Waals surface area contributed by atoms with E-state index in [1.807, 2.05) is 24.3 Å². The van der Waals surface area contributed by atoms with Crippen LogP contribution in [-0.2, 0) is 0 Å². The fourth-order valence-electron chi connectivity index (χ4n) is 2.75. The van der Waals surface area contributed by atoms with Crippen molar-refractivity contribution in [1.29, 1.82) is 0 Å². The van der Waals surface area contributed by atoms with E-state index in [0.29, 0.717) is 0 Å². The molecular weight excluding hydrogens is 410 g/mol. The van der Waals surface area contributed by atoms with Crippen LogP contribution >= 0.6 is 11.3 Å². The molecular formula is C20H11N3O6S. The van der Waals surface area contributed by atoms with Gasteiger partial charge in [-0.1, -0.05) is 12.1 Å². The first-order valence-corrected chi connectivity index (χ1v) is 9.34. The number of nitro groups is 2. The maximum Gasteiger partial charge on any atom is 0.344 e. The molecule has 0 aliphatic heterocycles. The number of hydrogen-bond acceptors (Lipinski definition) is 8. The Kier molecular flexibility index (Phi) is 4.90. The molecule has 4 rings (SSSR count). The van der Waals surface area contributed by atoms with E-state index in [-0.39, 0.29) is 11.3 Å². The average Bonchev–Trinajstić information content (AvgIpc) is 3.18. The van der Waals surface area contributed by atoms with Crippen molar-refractivity contribution < 1.29 is 19.4 Å². The van der Waals surface area contributed by atoms with Gasteiger partial charge < -0.3 is 4.74 Å². The fourth-order valence-corrected chi connectivity index (χ4v) is 3.72. The topological polar surface area (TPSA) is 125 Å². The molecule has 0 radical (unpaired) electrons. The summed E-state index contributed by atoms with van der Waals surface area (Å²) in [5.41, 5.74) is 0.304. The van der Waals surface area contributed by atoms with Gasteiger partial charge in [0.2, 0.25) is 0 Å². The minimum Gasteiger partial charge on any atom is -0.423 e. The number of thiazole rings is 1. The second kappa shape index (κ2) is 7.68. The number of fused-ring (bicyclic) bond motifs is 1. The van der Waals surface area contributed by atoms with Gasteiger partial charge in [-0.05, 0) is 36.4 Å². The molecule has 0 N–H and O–H groups in total. The van der Waals surface area contributed by atoms with E-state index in [9.17, 15) is 25.0 Å². The molecule has 3 aromatic carbocycles. The summed E-state index contributed by atoms with van der Waals surface area (Å²) >= 11 is 1.53. The smallest absolute Gasteiger partial charge is 0.344 e. The number of non-ortho nitro benzene ring substituents is 2. The number of esters is 1.